The highest BCUT2D eigenvalue weighted by Crippen LogP contribution is 2.29. The molecule has 0 saturated carbocycles. The molecule has 2 aromatic rings. The topological polar surface area (TPSA) is 97.8 Å². The minimum absolute atomic E-state index is 0.147. The van der Waals surface area contributed by atoms with Gasteiger partial charge in [0.05, 0.1) is 11.6 Å². The van der Waals surface area contributed by atoms with Crippen molar-refractivity contribution in [2.45, 2.75) is 26.8 Å². The van der Waals surface area contributed by atoms with Gasteiger partial charge in [-0.05, 0) is 11.5 Å². The van der Waals surface area contributed by atoms with Gasteiger partial charge in [0, 0.05) is 12.3 Å². The average molecular weight is 248 g/mol. The first-order valence-corrected chi connectivity index (χ1v) is 5.66. The second-order valence-electron chi connectivity index (χ2n) is 5.24. The van der Waals surface area contributed by atoms with Crippen molar-refractivity contribution in [1.82, 2.24) is 15.1 Å². The molecule has 0 aliphatic rings. The molecule has 2 aromatic heterocycles. The summed E-state index contributed by atoms with van der Waals surface area (Å²) in [6.07, 6.45) is 1.53. The Morgan fingerprint density at radius 3 is 2.67 bits per heavy atom. The number of nitrogens with two attached hydrogens (primary N) is 1. The van der Waals surface area contributed by atoms with Gasteiger partial charge >= 0.3 is 0 Å². The molecule has 0 amide bonds. The molecule has 0 fully saturated rings. The zero-order valence-electron chi connectivity index (χ0n) is 10.6. The van der Waals surface area contributed by atoms with E-state index in [1.54, 1.807) is 6.07 Å². The highest BCUT2D eigenvalue weighted by molar-refractivity contribution is 5.50. The van der Waals surface area contributed by atoms with Crippen LogP contribution < -0.4 is 11.3 Å². The molecule has 0 aromatic carbocycles. The van der Waals surface area contributed by atoms with E-state index in [0.29, 0.717) is 17.3 Å². The molecule has 18 heavy (non-hydrogen) atoms. The van der Waals surface area contributed by atoms with E-state index in [1.807, 2.05) is 20.8 Å². The maximum absolute atomic E-state index is 11.0. The van der Waals surface area contributed by atoms with Gasteiger partial charge in [-0.25, -0.2) is 0 Å². The van der Waals surface area contributed by atoms with Crippen LogP contribution in [-0.2, 0) is 0 Å². The maximum atomic E-state index is 11.0. The molecule has 0 aliphatic heterocycles. The molecular formula is C12H16N4O2. The van der Waals surface area contributed by atoms with E-state index in [2.05, 4.69) is 15.1 Å². The highest BCUT2D eigenvalue weighted by atomic mass is 16.5. The van der Waals surface area contributed by atoms with Crippen LogP contribution in [0.5, 0.6) is 0 Å². The molecule has 1 unspecified atom stereocenters. The second-order valence-corrected chi connectivity index (χ2v) is 5.24. The minimum Gasteiger partial charge on any atom is -0.334 e. The fourth-order valence-electron chi connectivity index (χ4n) is 1.41. The van der Waals surface area contributed by atoms with Crippen LogP contribution >= 0.6 is 0 Å². The van der Waals surface area contributed by atoms with Gasteiger partial charge in [-0.1, -0.05) is 25.9 Å². The summed E-state index contributed by atoms with van der Waals surface area (Å²) in [6.45, 7) is 6.02. The summed E-state index contributed by atoms with van der Waals surface area (Å²) in [4.78, 5) is 17.8. The number of pyridine rings is 1. The number of aromatic nitrogens is 3. The van der Waals surface area contributed by atoms with Crippen molar-refractivity contribution >= 4 is 0 Å². The van der Waals surface area contributed by atoms with Crippen LogP contribution in [0.2, 0.25) is 0 Å². The first-order chi connectivity index (χ1) is 8.38. The zero-order chi connectivity index (χ0) is 13.3. The molecule has 2 rings (SSSR count). The normalized spacial score (nSPS) is 13.6. The van der Waals surface area contributed by atoms with Gasteiger partial charge in [0.25, 0.3) is 5.89 Å². The lowest BCUT2D eigenvalue weighted by atomic mass is 9.87. The van der Waals surface area contributed by atoms with Crippen molar-refractivity contribution in [3.8, 4) is 11.5 Å². The fourth-order valence-corrected chi connectivity index (χ4v) is 1.41. The lowest BCUT2D eigenvalue weighted by Gasteiger charge is -2.23. The fraction of sp³-hybridized carbons (Fsp3) is 0.417. The van der Waals surface area contributed by atoms with E-state index in [9.17, 15) is 4.79 Å². The predicted octanol–water partition coefficient (Wildman–Crippen LogP) is 1.47. The molecule has 6 nitrogen and oxygen atoms in total. The number of hydrogen-bond acceptors (Lipinski definition) is 5. The molecular weight excluding hydrogens is 232 g/mol. The third kappa shape index (κ3) is 2.48. The molecule has 0 radical (unpaired) electrons. The average Bonchev–Trinajstić information content (AvgIpc) is 2.77. The van der Waals surface area contributed by atoms with Gasteiger partial charge < -0.3 is 15.2 Å². The number of aromatic amines is 1. The SMILES string of the molecule is CC(C)(C)C(N)c1noc(-c2ccc(=O)[nH]c2)n1. The second kappa shape index (κ2) is 4.38. The van der Waals surface area contributed by atoms with Crippen molar-refractivity contribution < 1.29 is 4.52 Å². The molecule has 0 spiro atoms. The van der Waals surface area contributed by atoms with Crippen molar-refractivity contribution in [3.63, 3.8) is 0 Å². The Balaban J connectivity index is 2.31. The smallest absolute Gasteiger partial charge is 0.259 e. The van der Waals surface area contributed by atoms with Crippen molar-refractivity contribution in [2.75, 3.05) is 0 Å². The van der Waals surface area contributed by atoms with Crippen molar-refractivity contribution in [1.29, 1.82) is 0 Å². The number of rotatable bonds is 2. The van der Waals surface area contributed by atoms with Gasteiger partial charge in [0.15, 0.2) is 5.82 Å². The van der Waals surface area contributed by atoms with Gasteiger partial charge in [-0.3, -0.25) is 4.79 Å². The quantitative estimate of drug-likeness (QED) is 0.838. The highest BCUT2D eigenvalue weighted by Gasteiger charge is 2.27. The molecule has 1 atom stereocenters. The third-order valence-electron chi connectivity index (χ3n) is 2.68. The summed E-state index contributed by atoms with van der Waals surface area (Å²) in [5.41, 5.74) is 6.38. The number of nitrogens with one attached hydrogen (secondary N) is 1. The summed E-state index contributed by atoms with van der Waals surface area (Å²) in [6, 6.07) is 2.72. The van der Waals surface area contributed by atoms with Gasteiger partial charge in [0.2, 0.25) is 5.56 Å². The number of hydrogen-bond donors (Lipinski definition) is 2. The van der Waals surface area contributed by atoms with E-state index in [0.717, 1.165) is 0 Å². The van der Waals surface area contributed by atoms with Crippen molar-refractivity contribution in [2.24, 2.45) is 11.1 Å². The molecule has 3 N–H and O–H groups in total. The van der Waals surface area contributed by atoms with E-state index >= 15 is 0 Å². The van der Waals surface area contributed by atoms with Crippen molar-refractivity contribution in [3.05, 3.63) is 34.5 Å². The van der Waals surface area contributed by atoms with E-state index in [1.165, 1.54) is 12.3 Å². The summed E-state index contributed by atoms with van der Waals surface area (Å²) >= 11 is 0. The van der Waals surface area contributed by atoms with Gasteiger partial charge in [-0.15, -0.1) is 0 Å². The standard InChI is InChI=1S/C12H16N4O2/c1-12(2,3)9(13)10-15-11(18-16-10)7-4-5-8(17)14-6-7/h4-6,9H,13H2,1-3H3,(H,14,17). The lowest BCUT2D eigenvalue weighted by Crippen LogP contribution is -2.27. The molecule has 96 valence electrons. The van der Waals surface area contributed by atoms with Crippen LogP contribution in [0, 0.1) is 5.41 Å². The van der Waals surface area contributed by atoms with Crippen LogP contribution in [0.4, 0.5) is 0 Å². The summed E-state index contributed by atoms with van der Waals surface area (Å²) < 4.78 is 5.14. The number of nitrogens with zero attached hydrogens (tertiary/aromatic N) is 2. The largest absolute Gasteiger partial charge is 0.334 e. The zero-order valence-corrected chi connectivity index (χ0v) is 10.6. The Labute approximate surface area is 104 Å². The van der Waals surface area contributed by atoms with E-state index in [4.69, 9.17) is 10.3 Å². The Bertz CT molecular complexity index is 574. The first kappa shape index (κ1) is 12.5. The monoisotopic (exact) mass is 248 g/mol. The molecule has 0 bridgehead atoms. The minimum atomic E-state index is -0.308. The Morgan fingerprint density at radius 1 is 1.39 bits per heavy atom. The summed E-state index contributed by atoms with van der Waals surface area (Å²) in [7, 11) is 0. The Hall–Kier alpha value is -1.95. The van der Waals surface area contributed by atoms with E-state index in [-0.39, 0.29) is 17.0 Å². The summed E-state index contributed by atoms with van der Waals surface area (Å²) in [5, 5.41) is 3.88. The molecule has 0 saturated heterocycles. The Morgan fingerprint density at radius 2 is 2.11 bits per heavy atom. The van der Waals surface area contributed by atoms with Gasteiger partial charge in [-0.2, -0.15) is 4.98 Å². The van der Waals surface area contributed by atoms with E-state index < -0.39 is 0 Å². The molecule has 0 aliphatic carbocycles. The molecule has 6 heteroatoms. The Kier molecular flexibility index (Phi) is 3.04. The third-order valence-corrected chi connectivity index (χ3v) is 2.68. The predicted molar refractivity (Wildman–Crippen MR) is 66.7 cm³/mol. The van der Waals surface area contributed by atoms with Crippen LogP contribution in [0.15, 0.2) is 27.6 Å². The maximum Gasteiger partial charge on any atom is 0.259 e. The van der Waals surface area contributed by atoms with Crippen LogP contribution in [-0.4, -0.2) is 15.1 Å². The lowest BCUT2D eigenvalue weighted by molar-refractivity contribution is 0.303. The molecule has 2 heterocycles. The summed E-state index contributed by atoms with van der Waals surface area (Å²) in [5.74, 6) is 0.810. The number of H-pyrrole nitrogens is 1. The van der Waals surface area contributed by atoms with Crippen LogP contribution in [0.1, 0.15) is 32.6 Å². The van der Waals surface area contributed by atoms with Gasteiger partial charge in [0.1, 0.15) is 0 Å². The first-order valence-electron chi connectivity index (χ1n) is 5.66. The van der Waals surface area contributed by atoms with Crippen LogP contribution in [0.25, 0.3) is 11.5 Å². The van der Waals surface area contributed by atoms with Crippen LogP contribution in [0.3, 0.4) is 0 Å².